The SMILES string of the molecule is N#CCN(C(=O)c1cnccc1C(F)(F)F)S(=O)(=O)c1cccc(Cl)c1. The Morgan fingerprint density at radius 3 is 2.58 bits per heavy atom. The van der Waals surface area contributed by atoms with Crippen LogP contribution in [0.2, 0.25) is 5.02 Å². The van der Waals surface area contributed by atoms with Gasteiger partial charge in [-0.05, 0) is 24.3 Å². The van der Waals surface area contributed by atoms with Gasteiger partial charge in [-0.15, -0.1) is 0 Å². The van der Waals surface area contributed by atoms with Crippen molar-refractivity contribution in [1.82, 2.24) is 9.29 Å². The van der Waals surface area contributed by atoms with E-state index in [4.69, 9.17) is 16.9 Å². The van der Waals surface area contributed by atoms with E-state index in [0.29, 0.717) is 12.3 Å². The van der Waals surface area contributed by atoms with Gasteiger partial charge in [0, 0.05) is 17.4 Å². The van der Waals surface area contributed by atoms with Gasteiger partial charge in [0.25, 0.3) is 15.9 Å². The number of carbonyl (C=O) groups is 1. The molecule has 0 N–H and O–H groups in total. The maximum Gasteiger partial charge on any atom is 0.417 e. The largest absolute Gasteiger partial charge is 0.417 e. The Hall–Kier alpha value is -2.64. The molecule has 1 heterocycles. The maximum absolute atomic E-state index is 13.1. The van der Waals surface area contributed by atoms with Crippen LogP contribution in [0.5, 0.6) is 0 Å². The fourth-order valence-electron chi connectivity index (χ4n) is 2.03. The zero-order valence-electron chi connectivity index (χ0n) is 12.7. The van der Waals surface area contributed by atoms with Crippen molar-refractivity contribution in [3.8, 4) is 6.07 Å². The Kier molecular flexibility index (Phi) is 5.53. The number of alkyl halides is 3. The number of hydrogen-bond acceptors (Lipinski definition) is 5. The molecule has 0 aliphatic rings. The first-order valence-corrected chi connectivity index (χ1v) is 8.61. The van der Waals surface area contributed by atoms with Gasteiger partial charge in [0.15, 0.2) is 0 Å². The molecule has 1 aromatic carbocycles. The van der Waals surface area contributed by atoms with E-state index in [2.05, 4.69) is 4.98 Å². The van der Waals surface area contributed by atoms with E-state index in [-0.39, 0.29) is 9.33 Å². The number of amides is 1. The van der Waals surface area contributed by atoms with E-state index in [9.17, 15) is 26.4 Å². The maximum atomic E-state index is 13.1. The molecule has 26 heavy (non-hydrogen) atoms. The Morgan fingerprint density at radius 1 is 1.31 bits per heavy atom. The van der Waals surface area contributed by atoms with Crippen LogP contribution in [0.25, 0.3) is 0 Å². The second kappa shape index (κ2) is 7.31. The molecular weight excluding hydrogens is 395 g/mol. The smallest absolute Gasteiger partial charge is 0.268 e. The molecule has 0 saturated heterocycles. The highest BCUT2D eigenvalue weighted by molar-refractivity contribution is 7.89. The summed E-state index contributed by atoms with van der Waals surface area (Å²) in [6, 6.07) is 6.79. The van der Waals surface area contributed by atoms with Gasteiger partial charge in [0.1, 0.15) is 6.54 Å². The predicted octanol–water partition coefficient (Wildman–Crippen LogP) is 3.11. The van der Waals surface area contributed by atoms with Gasteiger partial charge in [0.05, 0.1) is 22.1 Å². The fourth-order valence-corrected chi connectivity index (χ4v) is 3.61. The Morgan fingerprint density at radius 2 is 2.00 bits per heavy atom. The van der Waals surface area contributed by atoms with Crippen LogP contribution in [-0.2, 0) is 16.2 Å². The number of carbonyl (C=O) groups excluding carboxylic acids is 1. The highest BCUT2D eigenvalue weighted by atomic mass is 35.5. The summed E-state index contributed by atoms with van der Waals surface area (Å²) < 4.78 is 64.6. The average Bonchev–Trinajstić information content (AvgIpc) is 2.58. The standard InChI is InChI=1S/C15H9ClF3N3O3S/c16-10-2-1-3-11(8-10)26(24,25)22(7-5-20)14(23)12-9-21-6-4-13(12)15(17,18)19/h1-4,6,8-9H,7H2. The minimum absolute atomic E-state index is 0.0350. The molecule has 0 unspecified atom stereocenters. The molecule has 1 amide bonds. The second-order valence-corrected chi connectivity index (χ2v) is 7.15. The van der Waals surface area contributed by atoms with Gasteiger partial charge in [-0.2, -0.15) is 18.4 Å². The van der Waals surface area contributed by atoms with Gasteiger partial charge in [0.2, 0.25) is 0 Å². The lowest BCUT2D eigenvalue weighted by atomic mass is 10.1. The van der Waals surface area contributed by atoms with Crippen LogP contribution < -0.4 is 0 Å². The van der Waals surface area contributed by atoms with Gasteiger partial charge < -0.3 is 0 Å². The molecule has 0 radical (unpaired) electrons. The lowest BCUT2D eigenvalue weighted by Gasteiger charge is -2.21. The summed E-state index contributed by atoms with van der Waals surface area (Å²) >= 11 is 5.72. The molecule has 2 aromatic rings. The molecule has 1 aromatic heterocycles. The zero-order chi connectivity index (χ0) is 19.5. The molecule has 0 fully saturated rings. The topological polar surface area (TPSA) is 91.1 Å². The molecule has 0 saturated carbocycles. The van der Waals surface area contributed by atoms with Crippen molar-refractivity contribution in [2.24, 2.45) is 0 Å². The molecule has 0 bridgehead atoms. The quantitative estimate of drug-likeness (QED) is 0.731. The summed E-state index contributed by atoms with van der Waals surface area (Å²) in [7, 11) is -4.61. The molecule has 2 rings (SSSR count). The number of halogens is 4. The number of nitrogens with zero attached hydrogens (tertiary/aromatic N) is 3. The Bertz CT molecular complexity index is 987. The van der Waals surface area contributed by atoms with Crippen LogP contribution in [0, 0.1) is 11.3 Å². The number of aromatic nitrogens is 1. The van der Waals surface area contributed by atoms with E-state index < -0.39 is 44.7 Å². The van der Waals surface area contributed by atoms with Gasteiger partial charge in [-0.1, -0.05) is 17.7 Å². The number of rotatable bonds is 4. The Labute approximate surface area is 151 Å². The van der Waals surface area contributed by atoms with Crippen LogP contribution in [0.15, 0.2) is 47.6 Å². The Balaban J connectivity index is 2.59. The summed E-state index contributed by atoms with van der Waals surface area (Å²) in [5, 5.41) is 8.89. The molecule has 136 valence electrons. The average molecular weight is 404 g/mol. The first-order chi connectivity index (χ1) is 12.1. The number of pyridine rings is 1. The van der Waals surface area contributed by atoms with Crippen LogP contribution in [0.1, 0.15) is 15.9 Å². The molecular formula is C15H9ClF3N3O3S. The van der Waals surface area contributed by atoms with Crippen molar-refractivity contribution in [2.45, 2.75) is 11.1 Å². The van der Waals surface area contributed by atoms with Gasteiger partial charge in [-0.25, -0.2) is 12.7 Å². The van der Waals surface area contributed by atoms with Crippen molar-refractivity contribution >= 4 is 27.5 Å². The van der Waals surface area contributed by atoms with E-state index in [1.807, 2.05) is 0 Å². The number of sulfonamides is 1. The molecule has 0 spiro atoms. The number of nitriles is 1. The summed E-state index contributed by atoms with van der Waals surface area (Å²) in [4.78, 5) is 15.5. The summed E-state index contributed by atoms with van der Waals surface area (Å²) in [5.74, 6) is -1.52. The first-order valence-electron chi connectivity index (χ1n) is 6.80. The van der Waals surface area contributed by atoms with E-state index in [1.54, 1.807) is 0 Å². The van der Waals surface area contributed by atoms with Crippen molar-refractivity contribution in [3.05, 3.63) is 58.9 Å². The van der Waals surface area contributed by atoms with Crippen molar-refractivity contribution in [3.63, 3.8) is 0 Å². The normalized spacial score (nSPS) is 11.7. The third-order valence-electron chi connectivity index (χ3n) is 3.18. The molecule has 0 atom stereocenters. The minimum atomic E-state index is -4.91. The molecule has 0 aliphatic carbocycles. The number of benzene rings is 1. The van der Waals surface area contributed by atoms with Crippen LogP contribution in [0.4, 0.5) is 13.2 Å². The van der Waals surface area contributed by atoms with Gasteiger partial charge in [-0.3, -0.25) is 9.78 Å². The van der Waals surface area contributed by atoms with E-state index in [0.717, 1.165) is 18.3 Å². The third-order valence-corrected chi connectivity index (χ3v) is 5.14. The van der Waals surface area contributed by atoms with Crippen molar-refractivity contribution in [2.75, 3.05) is 6.54 Å². The van der Waals surface area contributed by atoms with Crippen LogP contribution in [0.3, 0.4) is 0 Å². The van der Waals surface area contributed by atoms with E-state index >= 15 is 0 Å². The second-order valence-electron chi connectivity index (χ2n) is 4.85. The molecule has 11 heteroatoms. The van der Waals surface area contributed by atoms with Crippen molar-refractivity contribution < 1.29 is 26.4 Å². The summed E-state index contributed by atoms with van der Waals surface area (Å²) in [6.07, 6.45) is -3.49. The van der Waals surface area contributed by atoms with Crippen molar-refractivity contribution in [1.29, 1.82) is 5.26 Å². The lowest BCUT2D eigenvalue weighted by molar-refractivity contribution is -0.138. The monoisotopic (exact) mass is 403 g/mol. The summed E-state index contributed by atoms with van der Waals surface area (Å²) in [5.41, 5.74) is -2.34. The summed E-state index contributed by atoms with van der Waals surface area (Å²) in [6.45, 7) is -0.986. The third kappa shape index (κ3) is 3.95. The van der Waals surface area contributed by atoms with Crippen LogP contribution in [-0.4, -0.2) is 30.2 Å². The van der Waals surface area contributed by atoms with Gasteiger partial charge >= 0.3 is 6.18 Å². The fraction of sp³-hybridized carbons (Fsp3) is 0.133. The highest BCUT2D eigenvalue weighted by Crippen LogP contribution is 2.32. The number of hydrogen-bond donors (Lipinski definition) is 0. The minimum Gasteiger partial charge on any atom is -0.268 e. The zero-order valence-corrected chi connectivity index (χ0v) is 14.3. The lowest BCUT2D eigenvalue weighted by Crippen LogP contribution is -2.38. The van der Waals surface area contributed by atoms with Crippen LogP contribution >= 0.6 is 11.6 Å². The first kappa shape index (κ1) is 19.7. The highest BCUT2D eigenvalue weighted by Gasteiger charge is 2.39. The molecule has 0 aliphatic heterocycles. The molecule has 6 nitrogen and oxygen atoms in total. The predicted molar refractivity (Wildman–Crippen MR) is 84.5 cm³/mol. The van der Waals surface area contributed by atoms with E-state index in [1.165, 1.54) is 18.2 Å².